The lowest BCUT2D eigenvalue weighted by molar-refractivity contribution is -0.145. The topological polar surface area (TPSA) is 37.3 Å². The van der Waals surface area contributed by atoms with Crippen LogP contribution in [0.2, 0.25) is 0 Å². The van der Waals surface area contributed by atoms with Crippen LogP contribution in [0.4, 0.5) is 0 Å². The van der Waals surface area contributed by atoms with Gasteiger partial charge in [0.05, 0.1) is 11.5 Å². The van der Waals surface area contributed by atoms with Crippen molar-refractivity contribution >= 4 is 5.78 Å². The van der Waals surface area contributed by atoms with Crippen molar-refractivity contribution in [2.75, 3.05) is 0 Å². The Morgan fingerprint density at radius 2 is 2.30 bits per heavy atom. The molecule has 2 atom stereocenters. The Kier molecular flexibility index (Phi) is 1.15. The van der Waals surface area contributed by atoms with Crippen LogP contribution in [-0.4, -0.2) is 17.0 Å². The van der Waals surface area contributed by atoms with Crippen LogP contribution in [0.15, 0.2) is 0 Å². The second kappa shape index (κ2) is 1.82. The molecule has 0 amide bonds. The Balaban J connectivity index is 2.21. The molecule has 10 heavy (non-hydrogen) atoms. The summed E-state index contributed by atoms with van der Waals surface area (Å²) in [5.74, 6) is 0.303. The lowest BCUT2D eigenvalue weighted by Gasteiger charge is -2.39. The quantitative estimate of drug-likeness (QED) is 0.542. The van der Waals surface area contributed by atoms with Crippen molar-refractivity contribution in [1.29, 1.82) is 0 Å². The van der Waals surface area contributed by atoms with Gasteiger partial charge in [-0.1, -0.05) is 0 Å². The molecule has 1 spiro atoms. The van der Waals surface area contributed by atoms with Gasteiger partial charge in [0.15, 0.2) is 0 Å². The Hall–Kier alpha value is -0.370. The minimum atomic E-state index is -0.311. The van der Waals surface area contributed by atoms with E-state index in [4.69, 9.17) is 0 Å². The second-order valence-corrected chi connectivity index (χ2v) is 3.49. The highest BCUT2D eigenvalue weighted by atomic mass is 16.3. The Bertz CT molecular complexity index is 176. The van der Waals surface area contributed by atoms with Gasteiger partial charge in [0.25, 0.3) is 0 Å². The van der Waals surface area contributed by atoms with E-state index in [9.17, 15) is 9.90 Å². The molecule has 2 heteroatoms. The van der Waals surface area contributed by atoms with E-state index < -0.39 is 0 Å². The van der Waals surface area contributed by atoms with E-state index in [1.165, 1.54) is 0 Å². The zero-order valence-electron chi connectivity index (χ0n) is 5.97. The third kappa shape index (κ3) is 0.553. The van der Waals surface area contributed by atoms with Gasteiger partial charge in [-0.25, -0.2) is 0 Å². The molecule has 0 aliphatic heterocycles. The molecule has 2 nitrogen and oxygen atoms in total. The summed E-state index contributed by atoms with van der Waals surface area (Å²) in [6.07, 6.45) is 4.14. The highest BCUT2D eigenvalue weighted by Gasteiger charge is 2.53. The molecule has 1 N–H and O–H groups in total. The van der Waals surface area contributed by atoms with Gasteiger partial charge in [-0.05, 0) is 25.7 Å². The van der Waals surface area contributed by atoms with Gasteiger partial charge < -0.3 is 5.11 Å². The first-order valence-corrected chi connectivity index (χ1v) is 3.97. The number of hydrogen-bond donors (Lipinski definition) is 1. The molecule has 56 valence electrons. The highest BCUT2D eigenvalue weighted by Crippen LogP contribution is 2.50. The second-order valence-electron chi connectivity index (χ2n) is 3.49. The molecule has 2 rings (SSSR count). The number of rotatable bonds is 0. The molecule has 2 unspecified atom stereocenters. The maximum atomic E-state index is 11.1. The van der Waals surface area contributed by atoms with Gasteiger partial charge in [0, 0.05) is 6.42 Å². The van der Waals surface area contributed by atoms with Crippen LogP contribution in [-0.2, 0) is 4.79 Å². The summed E-state index contributed by atoms with van der Waals surface area (Å²) >= 11 is 0. The fourth-order valence-corrected chi connectivity index (χ4v) is 2.22. The van der Waals surface area contributed by atoms with Gasteiger partial charge in [-0.2, -0.15) is 0 Å². The lowest BCUT2D eigenvalue weighted by Crippen LogP contribution is -2.46. The summed E-state index contributed by atoms with van der Waals surface area (Å²) in [6.45, 7) is 0. The maximum Gasteiger partial charge on any atom is 0.141 e. The minimum absolute atomic E-state index is 0.250. The van der Waals surface area contributed by atoms with Gasteiger partial charge in [-0.3, -0.25) is 4.79 Å². The van der Waals surface area contributed by atoms with Crippen molar-refractivity contribution in [3.05, 3.63) is 0 Å². The summed E-state index contributed by atoms with van der Waals surface area (Å²) in [7, 11) is 0. The van der Waals surface area contributed by atoms with Crippen molar-refractivity contribution in [1.82, 2.24) is 0 Å². The van der Waals surface area contributed by atoms with Crippen LogP contribution in [0.1, 0.15) is 32.1 Å². The fraction of sp³-hybridized carbons (Fsp3) is 0.875. The van der Waals surface area contributed by atoms with Crippen LogP contribution in [0, 0.1) is 5.41 Å². The number of Topliss-reactive ketones (excluding diaryl/α,β-unsaturated/α-hetero) is 1. The monoisotopic (exact) mass is 140 g/mol. The van der Waals surface area contributed by atoms with E-state index in [1.54, 1.807) is 0 Å². The van der Waals surface area contributed by atoms with Crippen molar-refractivity contribution in [3.63, 3.8) is 0 Å². The number of carbonyl (C=O) groups is 1. The van der Waals surface area contributed by atoms with Crippen LogP contribution in [0.3, 0.4) is 0 Å². The molecular formula is C8H12O2. The van der Waals surface area contributed by atoms with E-state index >= 15 is 0 Å². The van der Waals surface area contributed by atoms with Crippen molar-refractivity contribution < 1.29 is 9.90 Å². The molecule has 2 aliphatic rings. The minimum Gasteiger partial charge on any atom is -0.392 e. The van der Waals surface area contributed by atoms with Crippen molar-refractivity contribution in [3.8, 4) is 0 Å². The predicted octanol–water partition coefficient (Wildman–Crippen LogP) is 0.880. The summed E-state index contributed by atoms with van der Waals surface area (Å²) in [5, 5.41) is 9.45. The molecule has 0 radical (unpaired) electrons. The number of aliphatic hydroxyl groups is 1. The van der Waals surface area contributed by atoms with Gasteiger partial charge in [0.2, 0.25) is 0 Å². The summed E-state index contributed by atoms with van der Waals surface area (Å²) in [6, 6.07) is 0. The first-order chi connectivity index (χ1) is 4.76. The van der Waals surface area contributed by atoms with E-state index in [0.717, 1.165) is 25.7 Å². The van der Waals surface area contributed by atoms with Gasteiger partial charge in [-0.15, -0.1) is 0 Å². The zero-order chi connectivity index (χ0) is 7.19. The number of hydrogen-bond acceptors (Lipinski definition) is 2. The van der Waals surface area contributed by atoms with Crippen molar-refractivity contribution in [2.45, 2.75) is 38.2 Å². The number of ketones is 1. The molecule has 2 fully saturated rings. The Morgan fingerprint density at radius 1 is 1.50 bits per heavy atom. The largest absolute Gasteiger partial charge is 0.392 e. The Morgan fingerprint density at radius 3 is 2.50 bits per heavy atom. The van der Waals surface area contributed by atoms with Gasteiger partial charge >= 0.3 is 0 Å². The van der Waals surface area contributed by atoms with Gasteiger partial charge in [0.1, 0.15) is 5.78 Å². The molecule has 0 aromatic heterocycles. The average molecular weight is 140 g/mol. The first-order valence-electron chi connectivity index (χ1n) is 3.97. The number of carbonyl (C=O) groups excluding carboxylic acids is 1. The highest BCUT2D eigenvalue weighted by molar-refractivity contribution is 5.91. The first kappa shape index (κ1) is 6.35. The van der Waals surface area contributed by atoms with E-state index in [-0.39, 0.29) is 11.5 Å². The molecule has 0 aromatic carbocycles. The van der Waals surface area contributed by atoms with Crippen molar-refractivity contribution in [2.24, 2.45) is 5.41 Å². The van der Waals surface area contributed by atoms with Crippen LogP contribution in [0.25, 0.3) is 0 Å². The lowest BCUT2D eigenvalue weighted by atomic mass is 9.65. The molecular weight excluding hydrogens is 128 g/mol. The molecule has 2 aliphatic carbocycles. The molecule has 0 saturated heterocycles. The predicted molar refractivity (Wildman–Crippen MR) is 36.5 cm³/mol. The summed E-state index contributed by atoms with van der Waals surface area (Å²) < 4.78 is 0. The average Bonchev–Trinajstić information content (AvgIpc) is 2.30. The Labute approximate surface area is 60.2 Å². The molecule has 0 bridgehead atoms. The molecule has 2 saturated carbocycles. The van der Waals surface area contributed by atoms with Crippen LogP contribution in [0.5, 0.6) is 0 Å². The smallest absolute Gasteiger partial charge is 0.141 e. The van der Waals surface area contributed by atoms with E-state index in [1.807, 2.05) is 0 Å². The van der Waals surface area contributed by atoms with E-state index in [2.05, 4.69) is 0 Å². The maximum absolute atomic E-state index is 11.1. The SMILES string of the molecule is O=C1CCC12CCCC2O. The number of aliphatic hydroxyl groups excluding tert-OH is 1. The van der Waals surface area contributed by atoms with E-state index in [0.29, 0.717) is 12.2 Å². The third-order valence-electron chi connectivity index (χ3n) is 3.09. The standard InChI is InChI=1S/C8H12O2/c9-6-2-1-4-8(6)5-3-7(8)10/h6,9H,1-5H2. The fourth-order valence-electron chi connectivity index (χ4n) is 2.22. The molecule has 0 heterocycles. The summed E-state index contributed by atoms with van der Waals surface area (Å²) in [5.41, 5.74) is -0.250. The third-order valence-corrected chi connectivity index (χ3v) is 3.09. The zero-order valence-corrected chi connectivity index (χ0v) is 5.97. The normalized spacial score (nSPS) is 46.1. The molecule has 0 aromatic rings. The van der Waals surface area contributed by atoms with Crippen LogP contribution < -0.4 is 0 Å². The summed E-state index contributed by atoms with van der Waals surface area (Å²) in [4.78, 5) is 11.1. The van der Waals surface area contributed by atoms with Crippen LogP contribution >= 0.6 is 0 Å².